The number of nitrogens with zero attached hydrogens (tertiary/aromatic N) is 2. The summed E-state index contributed by atoms with van der Waals surface area (Å²) in [6, 6.07) is 11.5. The van der Waals surface area contributed by atoms with Gasteiger partial charge in [0.1, 0.15) is 12.1 Å². The van der Waals surface area contributed by atoms with Gasteiger partial charge in [-0.15, -0.1) is 0 Å². The van der Waals surface area contributed by atoms with E-state index in [0.717, 1.165) is 0 Å². The Balaban J connectivity index is 2.42. The van der Waals surface area contributed by atoms with E-state index in [9.17, 15) is 15.3 Å². The largest absolute Gasteiger partial charge is 0.422 e. The lowest BCUT2D eigenvalue weighted by Gasteiger charge is -2.20. The second-order valence-corrected chi connectivity index (χ2v) is 6.18. The van der Waals surface area contributed by atoms with Gasteiger partial charge in [0.2, 0.25) is 0 Å². The van der Waals surface area contributed by atoms with Gasteiger partial charge in [-0.1, -0.05) is 52.5 Å². The summed E-state index contributed by atoms with van der Waals surface area (Å²) in [4.78, 5) is 12.3. The van der Waals surface area contributed by atoms with Crippen molar-refractivity contribution in [2.75, 3.05) is 0 Å². The van der Waals surface area contributed by atoms with Crippen LogP contribution in [0.1, 0.15) is 15.9 Å². The lowest BCUT2D eigenvalue weighted by atomic mass is 9.96. The fraction of sp³-hybridized carbons (Fsp3) is 0.0625. The Morgan fingerprint density at radius 1 is 0.875 bits per heavy atom. The van der Waals surface area contributed by atoms with Gasteiger partial charge in [0.15, 0.2) is 0 Å². The van der Waals surface area contributed by atoms with E-state index in [0.29, 0.717) is 0 Å². The zero-order valence-electron chi connectivity index (χ0n) is 11.7. The molecule has 2 rings (SSSR count). The first-order chi connectivity index (χ1) is 11.3. The van der Waals surface area contributed by atoms with Crippen LogP contribution < -0.4 is 0 Å². The summed E-state index contributed by atoms with van der Waals surface area (Å²) in [5, 5.41) is 19.6. The summed E-state index contributed by atoms with van der Waals surface area (Å²) >= 11 is 23.4. The molecule has 8 heteroatoms. The van der Waals surface area contributed by atoms with Crippen molar-refractivity contribution in [3.63, 3.8) is 0 Å². The zero-order chi connectivity index (χ0) is 17.9. The van der Waals surface area contributed by atoms with Gasteiger partial charge >= 0.3 is 11.6 Å². The number of rotatable bonds is 3. The maximum atomic E-state index is 12.3. The Kier molecular flexibility index (Phi) is 5.59. The standard InChI is InChI=1S/C16H6Cl4N2O2/c17-11-3-1-9(5-13(11)19)15(23)24-16(7-21,8-22)10-2-4-12(18)14(20)6-10/h1-6H. The maximum absolute atomic E-state index is 12.3. The zero-order valence-corrected chi connectivity index (χ0v) is 14.7. The number of benzene rings is 2. The minimum Gasteiger partial charge on any atom is -0.422 e. The van der Waals surface area contributed by atoms with Gasteiger partial charge in [-0.25, -0.2) is 4.79 Å². The van der Waals surface area contributed by atoms with Crippen LogP contribution in [0, 0.1) is 22.7 Å². The van der Waals surface area contributed by atoms with Gasteiger partial charge in [-0.2, -0.15) is 10.5 Å². The Morgan fingerprint density at radius 2 is 1.42 bits per heavy atom. The summed E-state index contributed by atoms with van der Waals surface area (Å²) < 4.78 is 5.13. The summed E-state index contributed by atoms with van der Waals surface area (Å²) in [7, 11) is 0. The van der Waals surface area contributed by atoms with Crippen LogP contribution in [0.25, 0.3) is 0 Å². The first-order valence-electron chi connectivity index (χ1n) is 6.29. The molecule has 0 saturated heterocycles. The predicted octanol–water partition coefficient (Wildman–Crippen LogP) is 5.40. The number of nitriles is 2. The molecule has 120 valence electrons. The van der Waals surface area contributed by atoms with E-state index in [1.165, 1.54) is 36.4 Å². The number of carbonyl (C=O) groups excluding carboxylic acids is 1. The normalized spacial score (nSPS) is 10.6. The molecule has 0 unspecified atom stereocenters. The second-order valence-electron chi connectivity index (χ2n) is 4.55. The van der Waals surface area contributed by atoms with E-state index < -0.39 is 11.6 Å². The molecule has 0 radical (unpaired) electrons. The quantitative estimate of drug-likeness (QED) is 0.647. The van der Waals surface area contributed by atoms with Crippen molar-refractivity contribution in [3.8, 4) is 12.1 Å². The predicted molar refractivity (Wildman–Crippen MR) is 91.2 cm³/mol. The molecule has 4 nitrogen and oxygen atoms in total. The molecule has 0 N–H and O–H groups in total. The number of halogens is 4. The van der Waals surface area contributed by atoms with Gasteiger partial charge < -0.3 is 4.74 Å². The summed E-state index contributed by atoms with van der Waals surface area (Å²) in [5.74, 6) is -0.914. The third-order valence-electron chi connectivity index (χ3n) is 3.04. The van der Waals surface area contributed by atoms with Gasteiger partial charge in [-0.05, 0) is 30.3 Å². The Bertz CT molecular complexity index is 886. The smallest absolute Gasteiger partial charge is 0.340 e. The molecule has 24 heavy (non-hydrogen) atoms. The van der Waals surface area contributed by atoms with Gasteiger partial charge in [0, 0.05) is 5.56 Å². The van der Waals surface area contributed by atoms with Crippen molar-refractivity contribution in [3.05, 3.63) is 67.6 Å². The van der Waals surface area contributed by atoms with Crippen LogP contribution in [0.5, 0.6) is 0 Å². The number of hydrogen-bond acceptors (Lipinski definition) is 4. The van der Waals surface area contributed by atoms with E-state index in [1.54, 1.807) is 12.1 Å². The maximum Gasteiger partial charge on any atom is 0.340 e. The monoisotopic (exact) mass is 398 g/mol. The highest BCUT2D eigenvalue weighted by Crippen LogP contribution is 2.32. The first-order valence-corrected chi connectivity index (χ1v) is 7.80. The van der Waals surface area contributed by atoms with E-state index >= 15 is 0 Å². The van der Waals surface area contributed by atoms with Crippen molar-refractivity contribution in [1.82, 2.24) is 0 Å². The van der Waals surface area contributed by atoms with E-state index in [-0.39, 0.29) is 31.2 Å². The second kappa shape index (κ2) is 7.30. The van der Waals surface area contributed by atoms with Crippen LogP contribution in [-0.4, -0.2) is 5.97 Å². The van der Waals surface area contributed by atoms with Crippen LogP contribution in [0.4, 0.5) is 0 Å². The van der Waals surface area contributed by atoms with E-state index in [1.807, 2.05) is 0 Å². The van der Waals surface area contributed by atoms with Gasteiger partial charge in [-0.3, -0.25) is 0 Å². The third kappa shape index (κ3) is 3.59. The Hall–Kier alpha value is -1.95. The van der Waals surface area contributed by atoms with Crippen LogP contribution in [0.2, 0.25) is 20.1 Å². The lowest BCUT2D eigenvalue weighted by molar-refractivity contribution is 0.0238. The first kappa shape index (κ1) is 18.4. The molecule has 0 aliphatic rings. The van der Waals surface area contributed by atoms with Gasteiger partial charge in [0.25, 0.3) is 0 Å². The van der Waals surface area contributed by atoms with Crippen LogP contribution in [0.15, 0.2) is 36.4 Å². The molecule has 0 saturated carbocycles. The number of ether oxygens (including phenoxy) is 1. The van der Waals surface area contributed by atoms with Crippen LogP contribution in [0.3, 0.4) is 0 Å². The summed E-state index contributed by atoms with van der Waals surface area (Å²) in [6.45, 7) is 0. The SMILES string of the molecule is N#CC(C#N)(OC(=O)c1ccc(Cl)c(Cl)c1)c1ccc(Cl)c(Cl)c1. The van der Waals surface area contributed by atoms with Crippen molar-refractivity contribution in [1.29, 1.82) is 10.5 Å². The molecular weight excluding hydrogens is 394 g/mol. The molecular formula is C16H6Cl4N2O2. The van der Waals surface area contributed by atoms with E-state index in [4.69, 9.17) is 51.1 Å². The molecule has 0 amide bonds. The fourth-order valence-electron chi connectivity index (χ4n) is 1.79. The highest BCUT2D eigenvalue weighted by molar-refractivity contribution is 6.42. The summed E-state index contributed by atoms with van der Waals surface area (Å²) in [5.41, 5.74) is -2.06. The molecule has 0 fully saturated rings. The Morgan fingerprint density at radius 3 is 1.92 bits per heavy atom. The number of esters is 1. The fourth-order valence-corrected chi connectivity index (χ4v) is 2.39. The topological polar surface area (TPSA) is 73.9 Å². The minimum absolute atomic E-state index is 0.0411. The minimum atomic E-state index is -2.18. The molecule has 0 spiro atoms. The number of hydrogen-bond donors (Lipinski definition) is 0. The highest BCUT2D eigenvalue weighted by Gasteiger charge is 2.38. The molecule has 0 aromatic heterocycles. The Labute approximate surface area is 157 Å². The van der Waals surface area contributed by atoms with Gasteiger partial charge in [0.05, 0.1) is 25.7 Å². The molecule has 0 atom stereocenters. The van der Waals surface area contributed by atoms with Crippen molar-refractivity contribution >= 4 is 52.4 Å². The molecule has 2 aromatic carbocycles. The van der Waals surface area contributed by atoms with Crippen molar-refractivity contribution < 1.29 is 9.53 Å². The average Bonchev–Trinajstić information content (AvgIpc) is 2.57. The van der Waals surface area contributed by atoms with Crippen LogP contribution in [-0.2, 0) is 10.3 Å². The average molecular weight is 400 g/mol. The molecule has 0 aliphatic carbocycles. The van der Waals surface area contributed by atoms with E-state index in [2.05, 4.69) is 0 Å². The highest BCUT2D eigenvalue weighted by atomic mass is 35.5. The van der Waals surface area contributed by atoms with Crippen molar-refractivity contribution in [2.45, 2.75) is 5.60 Å². The molecule has 0 bridgehead atoms. The summed E-state index contributed by atoms with van der Waals surface area (Å²) in [6.07, 6.45) is 0. The van der Waals surface area contributed by atoms with Crippen LogP contribution >= 0.6 is 46.4 Å². The van der Waals surface area contributed by atoms with Crippen molar-refractivity contribution in [2.24, 2.45) is 0 Å². The lowest BCUT2D eigenvalue weighted by Crippen LogP contribution is -2.29. The third-order valence-corrected chi connectivity index (χ3v) is 4.52. The molecule has 2 aromatic rings. The molecule has 0 heterocycles. The molecule has 0 aliphatic heterocycles. The number of carbonyl (C=O) groups is 1.